The van der Waals surface area contributed by atoms with Crippen molar-refractivity contribution >= 4 is 17.5 Å². The van der Waals surface area contributed by atoms with Gasteiger partial charge in [-0.25, -0.2) is 9.40 Å². The summed E-state index contributed by atoms with van der Waals surface area (Å²) in [4.78, 5) is 27.9. The van der Waals surface area contributed by atoms with Crippen molar-refractivity contribution < 1.29 is 18.7 Å². The van der Waals surface area contributed by atoms with Gasteiger partial charge < -0.3 is 9.64 Å². The average Bonchev–Trinajstić information content (AvgIpc) is 3.22. The molecule has 6 nitrogen and oxygen atoms in total. The van der Waals surface area contributed by atoms with Gasteiger partial charge in [-0.3, -0.25) is 9.59 Å². The van der Waals surface area contributed by atoms with Crippen LogP contribution < -0.4 is 0 Å². The first-order chi connectivity index (χ1) is 15.6. The molecule has 0 N–H and O–H groups in total. The van der Waals surface area contributed by atoms with E-state index in [2.05, 4.69) is 5.10 Å². The second-order valence-electron chi connectivity index (χ2n) is 8.30. The largest absolute Gasteiger partial charge is 0.383 e. The Labute approximate surface area is 187 Å². The van der Waals surface area contributed by atoms with Gasteiger partial charge in [0.2, 0.25) is 5.91 Å². The van der Waals surface area contributed by atoms with E-state index in [1.165, 1.54) is 17.1 Å². The zero-order valence-electron chi connectivity index (χ0n) is 18.2. The predicted molar refractivity (Wildman–Crippen MR) is 119 cm³/mol. The van der Waals surface area contributed by atoms with Crippen LogP contribution >= 0.6 is 0 Å². The monoisotopic (exact) mass is 437 g/mol. The lowest BCUT2D eigenvalue weighted by molar-refractivity contribution is -0.146. The quantitative estimate of drug-likeness (QED) is 0.632. The molecule has 1 aliphatic carbocycles. The third kappa shape index (κ3) is 4.88. The van der Waals surface area contributed by atoms with Gasteiger partial charge in [0.05, 0.1) is 18.4 Å². The van der Waals surface area contributed by atoms with Gasteiger partial charge in [0, 0.05) is 26.0 Å². The maximum absolute atomic E-state index is 13.4. The summed E-state index contributed by atoms with van der Waals surface area (Å²) in [6, 6.07) is 15.6. The lowest BCUT2D eigenvalue weighted by Crippen LogP contribution is -2.46. The van der Waals surface area contributed by atoms with Gasteiger partial charge in [-0.2, -0.15) is 5.10 Å². The van der Waals surface area contributed by atoms with Crippen LogP contribution in [0.15, 0.2) is 59.7 Å². The van der Waals surface area contributed by atoms with Crippen LogP contribution in [0.25, 0.3) is 0 Å². The molecule has 0 saturated heterocycles. The number of benzene rings is 2. The van der Waals surface area contributed by atoms with Crippen molar-refractivity contribution in [3.05, 3.63) is 71.5 Å². The fraction of sp³-hybridized carbons (Fsp3) is 0.400. The third-order valence-corrected chi connectivity index (χ3v) is 6.19. The van der Waals surface area contributed by atoms with Gasteiger partial charge in [-0.05, 0) is 36.1 Å². The van der Waals surface area contributed by atoms with Crippen LogP contribution in [0.5, 0.6) is 0 Å². The first kappa shape index (κ1) is 22.1. The van der Waals surface area contributed by atoms with Gasteiger partial charge in [-0.15, -0.1) is 0 Å². The normalized spacial score (nSPS) is 18.2. The molecule has 1 aliphatic heterocycles. The fourth-order valence-electron chi connectivity index (χ4n) is 4.11. The van der Waals surface area contributed by atoms with Crippen molar-refractivity contribution in [1.29, 1.82) is 0 Å². The molecule has 7 heteroatoms. The van der Waals surface area contributed by atoms with Gasteiger partial charge in [-0.1, -0.05) is 48.9 Å². The molecule has 0 bridgehead atoms. The summed E-state index contributed by atoms with van der Waals surface area (Å²) in [5, 5.41) is 6.11. The highest BCUT2D eigenvalue weighted by atomic mass is 19.1. The first-order valence-corrected chi connectivity index (χ1v) is 11.0. The third-order valence-electron chi connectivity index (χ3n) is 6.19. The summed E-state index contributed by atoms with van der Waals surface area (Å²) < 4.78 is 18.5. The summed E-state index contributed by atoms with van der Waals surface area (Å²) in [6.45, 7) is 0.704. The molecule has 0 unspecified atom stereocenters. The van der Waals surface area contributed by atoms with Gasteiger partial charge in [0.25, 0.3) is 5.91 Å². The number of rotatable bonds is 8. The SMILES string of the molecule is COCCN(CC(=O)N1N=C(c2ccc(F)cc2)C[C@H]1c1ccccc1)C(=O)C1CCC1. The van der Waals surface area contributed by atoms with Crippen LogP contribution in [-0.4, -0.2) is 54.2 Å². The molecule has 2 aromatic rings. The minimum Gasteiger partial charge on any atom is -0.383 e. The highest BCUT2D eigenvalue weighted by Gasteiger charge is 2.36. The van der Waals surface area contributed by atoms with E-state index in [1.807, 2.05) is 30.3 Å². The maximum atomic E-state index is 13.4. The highest BCUT2D eigenvalue weighted by molar-refractivity contribution is 6.03. The van der Waals surface area contributed by atoms with E-state index < -0.39 is 0 Å². The predicted octanol–water partition coefficient (Wildman–Crippen LogP) is 3.78. The average molecular weight is 438 g/mol. The molecule has 0 radical (unpaired) electrons. The Morgan fingerprint density at radius 1 is 1.12 bits per heavy atom. The number of hydrogen-bond donors (Lipinski definition) is 0. The van der Waals surface area contributed by atoms with E-state index in [-0.39, 0.29) is 36.1 Å². The van der Waals surface area contributed by atoms with Crippen LogP contribution in [0.4, 0.5) is 4.39 Å². The molecular formula is C25H28FN3O3. The number of methoxy groups -OCH3 is 1. The summed E-state index contributed by atoms with van der Waals surface area (Å²) in [5.74, 6) is -0.538. The molecule has 4 rings (SSSR count). The van der Waals surface area contributed by atoms with E-state index in [9.17, 15) is 14.0 Å². The lowest BCUT2D eigenvalue weighted by Gasteiger charge is -2.32. The number of amides is 2. The second-order valence-corrected chi connectivity index (χ2v) is 8.30. The fourth-order valence-corrected chi connectivity index (χ4v) is 4.11. The minimum absolute atomic E-state index is 0.00133. The first-order valence-electron chi connectivity index (χ1n) is 11.0. The Morgan fingerprint density at radius 2 is 1.84 bits per heavy atom. The Hall–Kier alpha value is -3.06. The van der Waals surface area contributed by atoms with E-state index in [1.54, 1.807) is 24.1 Å². The Balaban J connectivity index is 1.57. The van der Waals surface area contributed by atoms with Crippen LogP contribution in [0, 0.1) is 11.7 Å². The summed E-state index contributed by atoms with van der Waals surface area (Å²) in [6.07, 6.45) is 3.32. The zero-order valence-corrected chi connectivity index (χ0v) is 18.2. The Morgan fingerprint density at radius 3 is 2.47 bits per heavy atom. The van der Waals surface area contributed by atoms with Gasteiger partial charge in [0.15, 0.2) is 0 Å². The molecule has 1 atom stereocenters. The van der Waals surface area contributed by atoms with Crippen molar-refractivity contribution in [3.63, 3.8) is 0 Å². The standard InChI is InChI=1S/C25H28FN3O3/c1-32-15-14-28(25(31)20-8-5-9-20)17-24(30)29-23(19-6-3-2-4-7-19)16-22(27-29)18-10-12-21(26)13-11-18/h2-4,6-7,10-13,20,23H,5,8-9,14-17H2,1H3/t23-/m0/s1. The Bertz CT molecular complexity index is 974. The maximum Gasteiger partial charge on any atom is 0.262 e. The van der Waals surface area contributed by atoms with E-state index in [0.29, 0.717) is 19.6 Å². The molecular weight excluding hydrogens is 409 g/mol. The highest BCUT2D eigenvalue weighted by Crippen LogP contribution is 2.33. The molecule has 1 fully saturated rings. The molecule has 1 saturated carbocycles. The van der Waals surface area contributed by atoms with Crippen molar-refractivity contribution in [2.24, 2.45) is 11.0 Å². The smallest absolute Gasteiger partial charge is 0.262 e. The molecule has 2 amide bonds. The molecule has 168 valence electrons. The molecule has 0 spiro atoms. The van der Waals surface area contributed by atoms with Gasteiger partial charge in [0.1, 0.15) is 12.4 Å². The molecule has 32 heavy (non-hydrogen) atoms. The molecule has 1 heterocycles. The number of nitrogens with zero attached hydrogens (tertiary/aromatic N) is 3. The summed E-state index contributed by atoms with van der Waals surface area (Å²) in [7, 11) is 1.58. The van der Waals surface area contributed by atoms with Crippen LogP contribution in [-0.2, 0) is 14.3 Å². The molecule has 2 aliphatic rings. The topological polar surface area (TPSA) is 62.2 Å². The number of carbonyl (C=O) groups is 2. The second kappa shape index (κ2) is 10.0. The van der Waals surface area contributed by atoms with Crippen molar-refractivity contribution in [1.82, 2.24) is 9.91 Å². The zero-order chi connectivity index (χ0) is 22.5. The Kier molecular flexibility index (Phi) is 6.95. The van der Waals surface area contributed by atoms with E-state index >= 15 is 0 Å². The van der Waals surface area contributed by atoms with Crippen LogP contribution in [0.3, 0.4) is 0 Å². The number of ether oxygens (including phenoxy) is 1. The number of hydrogen-bond acceptors (Lipinski definition) is 4. The summed E-state index contributed by atoms with van der Waals surface area (Å²) in [5.41, 5.74) is 2.47. The van der Waals surface area contributed by atoms with Crippen LogP contribution in [0.1, 0.15) is 42.9 Å². The molecule has 2 aromatic carbocycles. The van der Waals surface area contributed by atoms with Crippen molar-refractivity contribution in [2.75, 3.05) is 26.8 Å². The number of halogens is 1. The lowest BCUT2D eigenvalue weighted by atomic mass is 9.84. The van der Waals surface area contributed by atoms with Crippen molar-refractivity contribution in [3.8, 4) is 0 Å². The van der Waals surface area contributed by atoms with Crippen molar-refractivity contribution in [2.45, 2.75) is 31.7 Å². The number of hydrazone groups is 1. The minimum atomic E-state index is -0.316. The number of carbonyl (C=O) groups excluding carboxylic acids is 2. The summed E-state index contributed by atoms with van der Waals surface area (Å²) >= 11 is 0. The van der Waals surface area contributed by atoms with Crippen LogP contribution in [0.2, 0.25) is 0 Å². The molecule has 0 aromatic heterocycles. The van der Waals surface area contributed by atoms with Gasteiger partial charge >= 0.3 is 0 Å². The van der Waals surface area contributed by atoms with E-state index in [4.69, 9.17) is 4.74 Å². The van der Waals surface area contributed by atoms with E-state index in [0.717, 1.165) is 36.1 Å².